The number of rotatable bonds is 8. The minimum atomic E-state index is -1.09. The maximum atomic E-state index is 10.7. The maximum Gasteiger partial charge on any atom is 0.358 e. The number of benzene rings is 1. The predicted molar refractivity (Wildman–Crippen MR) is 74.7 cm³/mol. The zero-order valence-electron chi connectivity index (χ0n) is 11.7. The van der Waals surface area contributed by atoms with Crippen LogP contribution >= 0.6 is 0 Å². The summed E-state index contributed by atoms with van der Waals surface area (Å²) in [5.41, 5.74) is -0.0765. The lowest BCUT2D eigenvalue weighted by molar-refractivity contribution is 0.0690. The van der Waals surface area contributed by atoms with E-state index in [9.17, 15) is 4.79 Å². The van der Waals surface area contributed by atoms with Gasteiger partial charge in [0.05, 0.1) is 19.3 Å². The van der Waals surface area contributed by atoms with Crippen LogP contribution in [0.25, 0.3) is 0 Å². The largest absolute Gasteiger partial charge is 0.494 e. The highest BCUT2D eigenvalue weighted by Gasteiger charge is 2.07. The van der Waals surface area contributed by atoms with Gasteiger partial charge in [0, 0.05) is 0 Å². The van der Waals surface area contributed by atoms with Crippen molar-refractivity contribution in [2.24, 2.45) is 0 Å². The van der Waals surface area contributed by atoms with Gasteiger partial charge in [-0.05, 0) is 30.7 Å². The van der Waals surface area contributed by atoms with Gasteiger partial charge in [0.1, 0.15) is 18.1 Å². The summed E-state index contributed by atoms with van der Waals surface area (Å²) in [6.45, 7) is 3.54. The second-order valence-corrected chi connectivity index (χ2v) is 4.34. The molecule has 1 aromatic carbocycles. The summed E-state index contributed by atoms with van der Waals surface area (Å²) in [6.07, 6.45) is 2.34. The molecule has 2 rings (SSSR count). The third-order valence-electron chi connectivity index (χ3n) is 2.64. The van der Waals surface area contributed by atoms with E-state index in [0.717, 1.165) is 17.9 Å². The number of carboxylic acids is 1. The molecule has 112 valence electrons. The summed E-state index contributed by atoms with van der Waals surface area (Å²) in [4.78, 5) is 10.7. The number of aromatic nitrogens is 3. The highest BCUT2D eigenvalue weighted by atomic mass is 16.5. The average molecular weight is 291 g/mol. The van der Waals surface area contributed by atoms with Crippen molar-refractivity contribution in [2.45, 2.75) is 19.9 Å². The number of hydrogen-bond acceptors (Lipinski definition) is 5. The summed E-state index contributed by atoms with van der Waals surface area (Å²) in [5, 5.41) is 16.0. The van der Waals surface area contributed by atoms with Gasteiger partial charge in [-0.1, -0.05) is 12.1 Å². The summed E-state index contributed by atoms with van der Waals surface area (Å²) in [6, 6.07) is 7.36. The SMILES string of the molecule is CCCOc1ccc(OCCn2cc(C(=O)O)nn2)cc1. The third-order valence-corrected chi connectivity index (χ3v) is 2.64. The van der Waals surface area contributed by atoms with Crippen molar-refractivity contribution < 1.29 is 19.4 Å². The Hall–Kier alpha value is -2.57. The van der Waals surface area contributed by atoms with Gasteiger partial charge in [-0.25, -0.2) is 9.48 Å². The van der Waals surface area contributed by atoms with Gasteiger partial charge in [-0.15, -0.1) is 5.10 Å². The lowest BCUT2D eigenvalue weighted by atomic mass is 10.3. The molecule has 0 aliphatic rings. The van der Waals surface area contributed by atoms with Crippen LogP contribution in [0.2, 0.25) is 0 Å². The Balaban J connectivity index is 1.78. The predicted octanol–water partition coefficient (Wildman–Crippen LogP) is 1.84. The minimum absolute atomic E-state index is 0.0765. The Morgan fingerprint density at radius 3 is 2.33 bits per heavy atom. The van der Waals surface area contributed by atoms with E-state index in [1.165, 1.54) is 10.9 Å². The van der Waals surface area contributed by atoms with E-state index < -0.39 is 5.97 Å². The number of carbonyl (C=O) groups is 1. The molecule has 0 fully saturated rings. The molecule has 0 saturated carbocycles. The summed E-state index contributed by atoms with van der Waals surface area (Å²) in [5.74, 6) is 0.439. The van der Waals surface area contributed by atoms with E-state index in [1.54, 1.807) is 0 Å². The minimum Gasteiger partial charge on any atom is -0.494 e. The van der Waals surface area contributed by atoms with Gasteiger partial charge < -0.3 is 14.6 Å². The number of carboxylic acid groups (broad SMARTS) is 1. The van der Waals surface area contributed by atoms with Crippen LogP contribution in [0.4, 0.5) is 0 Å². The molecule has 7 heteroatoms. The lowest BCUT2D eigenvalue weighted by Crippen LogP contribution is -2.08. The topological polar surface area (TPSA) is 86.5 Å². The van der Waals surface area contributed by atoms with Gasteiger partial charge >= 0.3 is 5.97 Å². The highest BCUT2D eigenvalue weighted by Crippen LogP contribution is 2.17. The fourth-order valence-corrected chi connectivity index (χ4v) is 1.61. The van der Waals surface area contributed by atoms with Crippen LogP contribution in [0.15, 0.2) is 30.5 Å². The van der Waals surface area contributed by atoms with Crippen molar-refractivity contribution in [1.82, 2.24) is 15.0 Å². The van der Waals surface area contributed by atoms with E-state index in [4.69, 9.17) is 14.6 Å². The summed E-state index contributed by atoms with van der Waals surface area (Å²) < 4.78 is 12.5. The van der Waals surface area contributed by atoms with Crippen molar-refractivity contribution >= 4 is 5.97 Å². The molecule has 0 amide bonds. The van der Waals surface area contributed by atoms with Crippen LogP contribution in [0.5, 0.6) is 11.5 Å². The van der Waals surface area contributed by atoms with Crippen molar-refractivity contribution in [3.05, 3.63) is 36.2 Å². The lowest BCUT2D eigenvalue weighted by Gasteiger charge is -2.08. The van der Waals surface area contributed by atoms with Crippen LogP contribution in [0.3, 0.4) is 0 Å². The van der Waals surface area contributed by atoms with Gasteiger partial charge in [0.15, 0.2) is 5.69 Å². The summed E-state index contributed by atoms with van der Waals surface area (Å²) >= 11 is 0. The molecule has 0 radical (unpaired) electrons. The highest BCUT2D eigenvalue weighted by molar-refractivity contribution is 5.84. The average Bonchev–Trinajstić information content (AvgIpc) is 2.95. The molecule has 1 heterocycles. The molecule has 0 aliphatic carbocycles. The molecule has 0 saturated heterocycles. The van der Waals surface area contributed by atoms with E-state index in [1.807, 2.05) is 24.3 Å². The number of nitrogens with zero attached hydrogens (tertiary/aromatic N) is 3. The summed E-state index contributed by atoms with van der Waals surface area (Å²) in [7, 11) is 0. The van der Waals surface area contributed by atoms with Crippen LogP contribution in [0.1, 0.15) is 23.8 Å². The van der Waals surface area contributed by atoms with E-state index in [0.29, 0.717) is 19.8 Å². The van der Waals surface area contributed by atoms with E-state index in [-0.39, 0.29) is 5.69 Å². The van der Waals surface area contributed by atoms with Crippen molar-refractivity contribution in [3.63, 3.8) is 0 Å². The normalized spacial score (nSPS) is 10.3. The Kier molecular flexibility index (Phi) is 5.14. The molecular weight excluding hydrogens is 274 g/mol. The smallest absolute Gasteiger partial charge is 0.358 e. The zero-order valence-corrected chi connectivity index (χ0v) is 11.7. The van der Waals surface area contributed by atoms with Gasteiger partial charge in [-0.2, -0.15) is 0 Å². The van der Waals surface area contributed by atoms with E-state index in [2.05, 4.69) is 17.2 Å². The Morgan fingerprint density at radius 1 is 1.19 bits per heavy atom. The fourth-order valence-electron chi connectivity index (χ4n) is 1.61. The molecule has 0 aliphatic heterocycles. The number of hydrogen-bond donors (Lipinski definition) is 1. The quantitative estimate of drug-likeness (QED) is 0.798. The molecule has 0 spiro atoms. The van der Waals surface area contributed by atoms with Crippen molar-refractivity contribution in [2.75, 3.05) is 13.2 Å². The third kappa shape index (κ3) is 4.48. The molecule has 0 atom stereocenters. The molecule has 1 N–H and O–H groups in total. The number of aromatic carboxylic acids is 1. The van der Waals surface area contributed by atoms with Crippen LogP contribution in [-0.2, 0) is 6.54 Å². The van der Waals surface area contributed by atoms with Gasteiger partial charge in [0.25, 0.3) is 0 Å². The number of ether oxygens (including phenoxy) is 2. The van der Waals surface area contributed by atoms with Crippen LogP contribution in [0, 0.1) is 0 Å². The monoisotopic (exact) mass is 291 g/mol. The maximum absolute atomic E-state index is 10.7. The Morgan fingerprint density at radius 2 is 1.81 bits per heavy atom. The van der Waals surface area contributed by atoms with Gasteiger partial charge in [-0.3, -0.25) is 0 Å². The molecule has 2 aromatic rings. The van der Waals surface area contributed by atoms with Gasteiger partial charge in [0.2, 0.25) is 0 Å². The van der Waals surface area contributed by atoms with Crippen molar-refractivity contribution in [3.8, 4) is 11.5 Å². The Labute approximate surface area is 122 Å². The first-order valence-electron chi connectivity index (χ1n) is 6.68. The van der Waals surface area contributed by atoms with E-state index >= 15 is 0 Å². The molecule has 0 bridgehead atoms. The molecular formula is C14H17N3O4. The second kappa shape index (κ2) is 7.28. The standard InChI is InChI=1S/C14H17N3O4/c1-2-8-20-11-3-5-12(6-4-11)21-9-7-17-10-13(14(18)19)15-16-17/h3-6,10H,2,7-9H2,1H3,(H,18,19). The first-order valence-corrected chi connectivity index (χ1v) is 6.68. The van der Waals surface area contributed by atoms with Crippen LogP contribution in [-0.4, -0.2) is 39.3 Å². The van der Waals surface area contributed by atoms with Crippen LogP contribution < -0.4 is 9.47 Å². The zero-order chi connectivity index (χ0) is 15.1. The fraction of sp³-hybridized carbons (Fsp3) is 0.357. The molecule has 1 aromatic heterocycles. The second-order valence-electron chi connectivity index (χ2n) is 4.34. The molecule has 0 unspecified atom stereocenters. The first kappa shape index (κ1) is 14.8. The first-order chi connectivity index (χ1) is 10.2. The van der Waals surface area contributed by atoms with Crippen molar-refractivity contribution in [1.29, 1.82) is 0 Å². The molecule has 7 nitrogen and oxygen atoms in total. The molecule has 21 heavy (non-hydrogen) atoms. The Bertz CT molecular complexity index is 580.